The average molecular weight is 347 g/mol. The molecule has 1 aromatic carbocycles. The summed E-state index contributed by atoms with van der Waals surface area (Å²) in [6.45, 7) is 1.88. The van der Waals surface area contributed by atoms with Crippen molar-refractivity contribution in [3.05, 3.63) is 48.5 Å². The first-order valence-electron chi connectivity index (χ1n) is 7.26. The van der Waals surface area contributed by atoms with Gasteiger partial charge in [-0.3, -0.25) is 4.79 Å². The van der Waals surface area contributed by atoms with E-state index in [1.165, 1.54) is 42.3 Å². The van der Waals surface area contributed by atoms with Crippen molar-refractivity contribution in [2.24, 2.45) is 0 Å². The van der Waals surface area contributed by atoms with E-state index in [9.17, 15) is 9.18 Å². The van der Waals surface area contributed by atoms with Gasteiger partial charge in [0.15, 0.2) is 5.76 Å². The SMILES string of the molecule is CCC(Sc1nnc(-c2ccco2)o1)C(=O)Nc1ccc(F)cc1. The van der Waals surface area contributed by atoms with Gasteiger partial charge in [0.1, 0.15) is 5.82 Å². The number of nitrogens with zero attached hydrogens (tertiary/aromatic N) is 2. The van der Waals surface area contributed by atoms with Crippen LogP contribution in [0, 0.1) is 5.82 Å². The number of furan rings is 1. The first-order chi connectivity index (χ1) is 11.7. The number of carbonyl (C=O) groups is 1. The summed E-state index contributed by atoms with van der Waals surface area (Å²) < 4.78 is 23.6. The minimum atomic E-state index is -0.417. The Hall–Kier alpha value is -2.61. The predicted octanol–water partition coefficient (Wildman–Crippen LogP) is 3.98. The van der Waals surface area contributed by atoms with Crippen molar-refractivity contribution >= 4 is 23.4 Å². The van der Waals surface area contributed by atoms with Gasteiger partial charge < -0.3 is 14.2 Å². The fourth-order valence-electron chi connectivity index (χ4n) is 1.96. The summed E-state index contributed by atoms with van der Waals surface area (Å²) in [5.74, 6) is 0.159. The maximum atomic E-state index is 12.9. The quantitative estimate of drug-likeness (QED) is 0.679. The maximum absolute atomic E-state index is 12.9. The molecular weight excluding hydrogens is 333 g/mol. The molecule has 6 nitrogen and oxygen atoms in total. The first-order valence-corrected chi connectivity index (χ1v) is 8.14. The van der Waals surface area contributed by atoms with Crippen molar-refractivity contribution in [2.45, 2.75) is 23.8 Å². The molecule has 1 N–H and O–H groups in total. The lowest BCUT2D eigenvalue weighted by molar-refractivity contribution is -0.115. The molecule has 3 aromatic rings. The second-order valence-corrected chi connectivity index (χ2v) is 6.02. The highest BCUT2D eigenvalue weighted by atomic mass is 32.2. The molecular formula is C16H14FN3O3S. The number of rotatable bonds is 6. The molecule has 0 bridgehead atoms. The summed E-state index contributed by atoms with van der Waals surface area (Å²) in [6.07, 6.45) is 2.08. The zero-order valence-corrected chi connectivity index (χ0v) is 13.5. The van der Waals surface area contributed by atoms with E-state index < -0.39 is 5.25 Å². The van der Waals surface area contributed by atoms with Gasteiger partial charge in [-0.25, -0.2) is 4.39 Å². The number of hydrogen-bond donors (Lipinski definition) is 1. The van der Waals surface area contributed by atoms with E-state index in [-0.39, 0.29) is 22.8 Å². The Morgan fingerprint density at radius 3 is 2.75 bits per heavy atom. The van der Waals surface area contributed by atoms with E-state index >= 15 is 0 Å². The van der Waals surface area contributed by atoms with Crippen LogP contribution in [0.5, 0.6) is 0 Å². The molecule has 2 aromatic heterocycles. The Bertz CT molecular complexity index is 802. The molecule has 0 fully saturated rings. The molecule has 24 heavy (non-hydrogen) atoms. The Morgan fingerprint density at radius 2 is 2.08 bits per heavy atom. The normalized spacial score (nSPS) is 12.1. The first kappa shape index (κ1) is 16.3. The number of benzene rings is 1. The number of nitrogens with one attached hydrogen (secondary N) is 1. The molecule has 124 valence electrons. The van der Waals surface area contributed by atoms with Crippen LogP contribution in [0.15, 0.2) is 56.7 Å². The van der Waals surface area contributed by atoms with Crippen LogP contribution in [0.1, 0.15) is 13.3 Å². The fourth-order valence-corrected chi connectivity index (χ4v) is 2.75. The number of halogens is 1. The topological polar surface area (TPSA) is 81.2 Å². The molecule has 0 aliphatic heterocycles. The van der Waals surface area contributed by atoms with Crippen molar-refractivity contribution < 1.29 is 18.0 Å². The van der Waals surface area contributed by atoms with Gasteiger partial charge in [-0.05, 0) is 42.8 Å². The Kier molecular flexibility index (Phi) is 4.95. The van der Waals surface area contributed by atoms with Crippen LogP contribution < -0.4 is 5.32 Å². The number of anilines is 1. The van der Waals surface area contributed by atoms with E-state index in [1.54, 1.807) is 12.1 Å². The number of amides is 1. The average Bonchev–Trinajstić information content (AvgIpc) is 3.25. The van der Waals surface area contributed by atoms with Crippen LogP contribution in [0.3, 0.4) is 0 Å². The highest BCUT2D eigenvalue weighted by Crippen LogP contribution is 2.28. The van der Waals surface area contributed by atoms with Gasteiger partial charge in [0.2, 0.25) is 5.91 Å². The van der Waals surface area contributed by atoms with Crippen LogP contribution in [-0.2, 0) is 4.79 Å². The minimum Gasteiger partial charge on any atom is -0.459 e. The molecule has 1 unspecified atom stereocenters. The van der Waals surface area contributed by atoms with E-state index in [4.69, 9.17) is 8.83 Å². The van der Waals surface area contributed by atoms with Crippen molar-refractivity contribution in [3.63, 3.8) is 0 Å². The molecule has 8 heteroatoms. The molecule has 0 radical (unpaired) electrons. The van der Waals surface area contributed by atoms with Gasteiger partial charge in [0.25, 0.3) is 11.1 Å². The van der Waals surface area contributed by atoms with Gasteiger partial charge >= 0.3 is 0 Å². The third kappa shape index (κ3) is 3.83. The fraction of sp³-hybridized carbons (Fsp3) is 0.188. The van der Waals surface area contributed by atoms with Gasteiger partial charge in [-0.1, -0.05) is 18.7 Å². The highest BCUT2D eigenvalue weighted by Gasteiger charge is 2.22. The molecule has 0 saturated carbocycles. The molecule has 3 rings (SSSR count). The molecule has 2 heterocycles. The van der Waals surface area contributed by atoms with Crippen LogP contribution in [-0.4, -0.2) is 21.4 Å². The Balaban J connectivity index is 1.65. The Labute approximate surface area is 141 Å². The number of hydrogen-bond acceptors (Lipinski definition) is 6. The Morgan fingerprint density at radius 1 is 1.29 bits per heavy atom. The third-order valence-electron chi connectivity index (χ3n) is 3.16. The lowest BCUT2D eigenvalue weighted by Gasteiger charge is -2.12. The van der Waals surface area contributed by atoms with Gasteiger partial charge in [-0.15, -0.1) is 10.2 Å². The second-order valence-electron chi connectivity index (χ2n) is 4.86. The summed E-state index contributed by atoms with van der Waals surface area (Å²) in [5.41, 5.74) is 0.530. The van der Waals surface area contributed by atoms with Gasteiger partial charge in [-0.2, -0.15) is 0 Å². The summed E-state index contributed by atoms with van der Waals surface area (Å²) in [4.78, 5) is 12.3. The third-order valence-corrected chi connectivity index (χ3v) is 4.36. The molecule has 0 saturated heterocycles. The van der Waals surface area contributed by atoms with E-state index in [0.717, 1.165) is 0 Å². The zero-order valence-electron chi connectivity index (χ0n) is 12.7. The maximum Gasteiger partial charge on any atom is 0.284 e. The number of thioether (sulfide) groups is 1. The van der Waals surface area contributed by atoms with E-state index in [0.29, 0.717) is 17.9 Å². The zero-order chi connectivity index (χ0) is 16.9. The smallest absolute Gasteiger partial charge is 0.284 e. The summed E-state index contributed by atoms with van der Waals surface area (Å²) in [5, 5.41) is 10.4. The molecule has 1 atom stereocenters. The lowest BCUT2D eigenvalue weighted by atomic mass is 10.2. The van der Waals surface area contributed by atoms with Crippen molar-refractivity contribution in [1.82, 2.24) is 10.2 Å². The van der Waals surface area contributed by atoms with Gasteiger partial charge in [0.05, 0.1) is 11.5 Å². The summed E-state index contributed by atoms with van der Waals surface area (Å²) in [7, 11) is 0. The summed E-state index contributed by atoms with van der Waals surface area (Å²) >= 11 is 1.17. The molecule has 0 aliphatic rings. The van der Waals surface area contributed by atoms with Crippen molar-refractivity contribution in [3.8, 4) is 11.7 Å². The minimum absolute atomic E-state index is 0.216. The van der Waals surface area contributed by atoms with E-state index in [2.05, 4.69) is 15.5 Å². The molecule has 0 spiro atoms. The standard InChI is InChI=1S/C16H14FN3O3S/c1-2-13(14(21)18-11-7-5-10(17)6-8-11)24-16-20-19-15(23-16)12-4-3-9-22-12/h3-9,13H,2H2,1H3,(H,18,21). The van der Waals surface area contributed by atoms with Crippen LogP contribution in [0.2, 0.25) is 0 Å². The second kappa shape index (κ2) is 7.31. The summed E-state index contributed by atoms with van der Waals surface area (Å²) in [6, 6.07) is 9.02. The van der Waals surface area contributed by atoms with Crippen molar-refractivity contribution in [2.75, 3.05) is 5.32 Å². The number of aromatic nitrogens is 2. The lowest BCUT2D eigenvalue weighted by Crippen LogP contribution is -2.24. The van der Waals surface area contributed by atoms with Crippen molar-refractivity contribution in [1.29, 1.82) is 0 Å². The monoisotopic (exact) mass is 347 g/mol. The van der Waals surface area contributed by atoms with E-state index in [1.807, 2.05) is 6.92 Å². The molecule has 0 aliphatic carbocycles. The largest absolute Gasteiger partial charge is 0.459 e. The van der Waals surface area contributed by atoms with Crippen LogP contribution in [0.4, 0.5) is 10.1 Å². The van der Waals surface area contributed by atoms with Crippen LogP contribution >= 0.6 is 11.8 Å². The predicted molar refractivity (Wildman–Crippen MR) is 87.0 cm³/mol. The number of carbonyl (C=O) groups excluding carboxylic acids is 1. The highest BCUT2D eigenvalue weighted by molar-refractivity contribution is 8.00. The van der Waals surface area contributed by atoms with Crippen LogP contribution in [0.25, 0.3) is 11.7 Å². The van der Waals surface area contributed by atoms with Gasteiger partial charge in [0, 0.05) is 5.69 Å². The molecule has 1 amide bonds.